The molecule has 1 N–H and O–H groups in total. The summed E-state index contributed by atoms with van der Waals surface area (Å²) in [4.78, 5) is 3.63. The Labute approximate surface area is 165 Å². The number of hydrogen-bond acceptors (Lipinski definition) is 0. The van der Waals surface area contributed by atoms with Gasteiger partial charge in [-0.3, -0.25) is 0 Å². The predicted molar refractivity (Wildman–Crippen MR) is 122 cm³/mol. The lowest BCUT2D eigenvalue weighted by Gasteiger charge is -2.22. The molecule has 1 aromatic heterocycles. The average molecular weight is 361 g/mol. The van der Waals surface area contributed by atoms with Crippen LogP contribution in [0.1, 0.15) is 25.1 Å². The maximum atomic E-state index is 4.05. The maximum Gasteiger partial charge on any atom is 0.0509 e. The fraction of sp³-hybridized carbons (Fsp3) is 0.111. The molecule has 28 heavy (non-hydrogen) atoms. The normalized spacial score (nSPS) is 15.2. The van der Waals surface area contributed by atoms with E-state index in [1.54, 1.807) is 0 Å². The second-order valence-corrected chi connectivity index (χ2v) is 8.06. The smallest absolute Gasteiger partial charge is 0.0509 e. The molecule has 0 atom stereocenters. The van der Waals surface area contributed by atoms with Crippen molar-refractivity contribution in [2.45, 2.75) is 19.3 Å². The second kappa shape index (κ2) is 5.84. The first kappa shape index (κ1) is 16.8. The third-order valence-electron chi connectivity index (χ3n) is 6.15. The molecular formula is C27H23N. The quantitative estimate of drug-likeness (QED) is 0.391. The van der Waals surface area contributed by atoms with Gasteiger partial charge in [-0.2, -0.15) is 0 Å². The van der Waals surface area contributed by atoms with Crippen molar-refractivity contribution in [3.05, 3.63) is 103 Å². The molecule has 3 aromatic carbocycles. The van der Waals surface area contributed by atoms with E-state index in [0.717, 1.165) is 0 Å². The third-order valence-corrected chi connectivity index (χ3v) is 6.15. The van der Waals surface area contributed by atoms with Crippen molar-refractivity contribution in [1.82, 2.24) is 4.98 Å². The van der Waals surface area contributed by atoms with E-state index in [9.17, 15) is 0 Å². The molecule has 4 aromatic rings. The van der Waals surface area contributed by atoms with Crippen molar-refractivity contribution in [1.29, 1.82) is 0 Å². The first-order chi connectivity index (χ1) is 13.5. The zero-order valence-corrected chi connectivity index (χ0v) is 16.3. The molecule has 0 saturated carbocycles. The minimum absolute atomic E-state index is 0.0964. The van der Waals surface area contributed by atoms with Gasteiger partial charge in [0.2, 0.25) is 0 Å². The van der Waals surface area contributed by atoms with E-state index in [2.05, 4.69) is 92.7 Å². The number of rotatable bonds is 3. The van der Waals surface area contributed by atoms with Crippen LogP contribution in [0, 0.1) is 0 Å². The topological polar surface area (TPSA) is 15.8 Å². The summed E-state index contributed by atoms with van der Waals surface area (Å²) in [7, 11) is 0. The van der Waals surface area contributed by atoms with Gasteiger partial charge in [-0.15, -0.1) is 0 Å². The summed E-state index contributed by atoms with van der Waals surface area (Å²) in [6.45, 7) is 12.6. The fourth-order valence-corrected chi connectivity index (χ4v) is 4.77. The summed E-state index contributed by atoms with van der Waals surface area (Å²) in [5.74, 6) is 0. The Morgan fingerprint density at radius 2 is 1.54 bits per heavy atom. The van der Waals surface area contributed by atoms with Crippen LogP contribution in [0.4, 0.5) is 0 Å². The fourth-order valence-electron chi connectivity index (χ4n) is 4.77. The number of allylic oxidation sites excluding steroid dienone is 4. The Morgan fingerprint density at radius 1 is 0.821 bits per heavy atom. The van der Waals surface area contributed by atoms with Gasteiger partial charge in [-0.05, 0) is 51.2 Å². The molecule has 0 saturated heterocycles. The van der Waals surface area contributed by atoms with Crippen molar-refractivity contribution in [3.8, 4) is 11.1 Å². The minimum atomic E-state index is -0.0964. The molecule has 0 amide bonds. The number of aromatic amines is 1. The number of fused-ring (bicyclic) bond motifs is 4. The molecule has 0 radical (unpaired) electrons. The molecule has 1 heterocycles. The average Bonchev–Trinajstić information content (AvgIpc) is 3.19. The lowest BCUT2D eigenvalue weighted by Crippen LogP contribution is -2.15. The van der Waals surface area contributed by atoms with Gasteiger partial charge in [-0.25, -0.2) is 0 Å². The van der Waals surface area contributed by atoms with Gasteiger partial charge in [0.1, 0.15) is 0 Å². The van der Waals surface area contributed by atoms with Crippen LogP contribution >= 0.6 is 0 Å². The molecule has 0 unspecified atom stereocenters. The van der Waals surface area contributed by atoms with E-state index < -0.39 is 0 Å². The van der Waals surface area contributed by atoms with E-state index in [0.29, 0.717) is 0 Å². The molecule has 136 valence electrons. The maximum absolute atomic E-state index is 4.05. The highest BCUT2D eigenvalue weighted by Gasteiger charge is 2.38. The zero-order chi connectivity index (χ0) is 19.5. The molecule has 0 bridgehead atoms. The summed E-state index contributed by atoms with van der Waals surface area (Å²) in [6.07, 6.45) is 3.92. The van der Waals surface area contributed by atoms with E-state index in [1.165, 1.54) is 55.2 Å². The van der Waals surface area contributed by atoms with Gasteiger partial charge in [0.05, 0.1) is 5.69 Å². The van der Waals surface area contributed by atoms with Crippen LogP contribution in [0.2, 0.25) is 0 Å². The molecule has 0 fully saturated rings. The van der Waals surface area contributed by atoms with E-state index in [1.807, 2.05) is 12.2 Å². The lowest BCUT2D eigenvalue weighted by molar-refractivity contribution is 0.661. The van der Waals surface area contributed by atoms with Crippen molar-refractivity contribution >= 4 is 27.2 Å². The highest BCUT2D eigenvalue weighted by atomic mass is 14.7. The van der Waals surface area contributed by atoms with Crippen LogP contribution in [-0.2, 0) is 5.41 Å². The van der Waals surface area contributed by atoms with Crippen molar-refractivity contribution < 1.29 is 0 Å². The number of aromatic nitrogens is 1. The predicted octanol–water partition coefficient (Wildman–Crippen LogP) is 7.40. The molecule has 1 aliphatic rings. The molecular weight excluding hydrogens is 338 g/mol. The third kappa shape index (κ3) is 2.20. The SMILES string of the molecule is C=CC1=C(C=C)C(C)(C)c2c1[nH]c1ccc(-c3ccc4ccccc4c3)cc21. The monoisotopic (exact) mass is 361 g/mol. The number of hydrogen-bond donors (Lipinski definition) is 1. The molecule has 1 aliphatic carbocycles. The van der Waals surface area contributed by atoms with Crippen LogP contribution in [0.5, 0.6) is 0 Å². The molecule has 1 nitrogen and oxygen atoms in total. The summed E-state index contributed by atoms with van der Waals surface area (Å²) < 4.78 is 0. The van der Waals surface area contributed by atoms with Crippen molar-refractivity contribution in [3.63, 3.8) is 0 Å². The Hall–Kier alpha value is -3.32. The van der Waals surface area contributed by atoms with Crippen LogP contribution in [0.25, 0.3) is 38.4 Å². The molecule has 5 rings (SSSR count). The van der Waals surface area contributed by atoms with Gasteiger partial charge in [0.25, 0.3) is 0 Å². The Bertz CT molecular complexity index is 1310. The summed E-state index contributed by atoms with van der Waals surface area (Å²) >= 11 is 0. The Morgan fingerprint density at radius 3 is 2.29 bits per heavy atom. The lowest BCUT2D eigenvalue weighted by atomic mass is 9.80. The van der Waals surface area contributed by atoms with E-state index in [-0.39, 0.29) is 5.41 Å². The first-order valence-electron chi connectivity index (χ1n) is 9.70. The summed E-state index contributed by atoms with van der Waals surface area (Å²) in [6, 6.07) is 21.9. The molecule has 0 aliphatic heterocycles. The standard InChI is InChI=1S/C27H23N/c1-5-21-23(6-2)27(3,4)25-22-16-20(13-14-24(22)28-26(21)25)19-12-11-17-9-7-8-10-18(17)15-19/h5-16,28H,1-2H2,3-4H3. The van der Waals surface area contributed by atoms with Crippen LogP contribution in [0.15, 0.2) is 91.5 Å². The van der Waals surface area contributed by atoms with Gasteiger partial charge >= 0.3 is 0 Å². The van der Waals surface area contributed by atoms with Crippen LogP contribution in [-0.4, -0.2) is 4.98 Å². The Kier molecular flexibility index (Phi) is 3.51. The first-order valence-corrected chi connectivity index (χ1v) is 9.70. The van der Waals surface area contributed by atoms with Gasteiger partial charge in [0, 0.05) is 21.9 Å². The van der Waals surface area contributed by atoms with Crippen LogP contribution < -0.4 is 0 Å². The van der Waals surface area contributed by atoms with Crippen LogP contribution in [0.3, 0.4) is 0 Å². The van der Waals surface area contributed by atoms with Crippen molar-refractivity contribution in [2.75, 3.05) is 0 Å². The largest absolute Gasteiger partial charge is 0.354 e. The second-order valence-electron chi connectivity index (χ2n) is 8.06. The highest BCUT2D eigenvalue weighted by Crippen LogP contribution is 2.50. The molecule has 1 heteroatoms. The summed E-state index contributed by atoms with van der Waals surface area (Å²) in [5.41, 5.74) is 8.48. The van der Waals surface area contributed by atoms with Gasteiger partial charge in [0.15, 0.2) is 0 Å². The number of H-pyrrole nitrogens is 1. The van der Waals surface area contributed by atoms with Gasteiger partial charge < -0.3 is 4.98 Å². The van der Waals surface area contributed by atoms with Gasteiger partial charge in [-0.1, -0.05) is 81.6 Å². The number of nitrogens with one attached hydrogen (secondary N) is 1. The molecule has 0 spiro atoms. The highest BCUT2D eigenvalue weighted by molar-refractivity contribution is 6.00. The van der Waals surface area contributed by atoms with E-state index in [4.69, 9.17) is 0 Å². The Balaban J connectivity index is 1.74. The zero-order valence-electron chi connectivity index (χ0n) is 16.3. The minimum Gasteiger partial charge on any atom is -0.354 e. The van der Waals surface area contributed by atoms with Crippen molar-refractivity contribution in [2.24, 2.45) is 0 Å². The number of benzene rings is 3. The summed E-state index contributed by atoms with van der Waals surface area (Å²) in [5, 5.41) is 3.82. The van der Waals surface area contributed by atoms with E-state index >= 15 is 0 Å².